The summed E-state index contributed by atoms with van der Waals surface area (Å²) in [5.41, 5.74) is 6.58. The fourth-order valence-electron chi connectivity index (χ4n) is 4.93. The van der Waals surface area contributed by atoms with Gasteiger partial charge in [0.05, 0.1) is 32.0 Å². The molecule has 0 bridgehead atoms. The van der Waals surface area contributed by atoms with Crippen LogP contribution in [-0.4, -0.2) is 66.9 Å². The van der Waals surface area contributed by atoms with Gasteiger partial charge in [-0.25, -0.2) is 0 Å². The first kappa shape index (κ1) is 24.2. The largest absolute Gasteiger partial charge is 0.496 e. The van der Waals surface area contributed by atoms with Crippen molar-refractivity contribution in [2.24, 2.45) is 0 Å². The van der Waals surface area contributed by atoms with Crippen LogP contribution in [0.25, 0.3) is 33.9 Å². The number of aromatic nitrogens is 3. The summed E-state index contributed by atoms with van der Waals surface area (Å²) >= 11 is 0. The van der Waals surface area contributed by atoms with Crippen molar-refractivity contribution in [2.45, 2.75) is 19.4 Å². The van der Waals surface area contributed by atoms with E-state index in [1.807, 2.05) is 16.7 Å². The molecule has 0 atom stereocenters. The Morgan fingerprint density at radius 2 is 1.31 bits per heavy atom. The van der Waals surface area contributed by atoms with Gasteiger partial charge in [0.15, 0.2) is 11.6 Å². The molecular formula is C28H33N5O3. The lowest BCUT2D eigenvalue weighted by Gasteiger charge is -2.18. The monoisotopic (exact) mass is 487 g/mol. The van der Waals surface area contributed by atoms with E-state index in [0.717, 1.165) is 72.8 Å². The Balaban J connectivity index is 1.55. The van der Waals surface area contributed by atoms with Gasteiger partial charge >= 0.3 is 0 Å². The summed E-state index contributed by atoms with van der Waals surface area (Å²) in [7, 11) is 3.34. The summed E-state index contributed by atoms with van der Waals surface area (Å²) in [6.45, 7) is 4.00. The zero-order valence-electron chi connectivity index (χ0n) is 20.9. The number of hydrogen-bond donors (Lipinski definition) is 3. The molecule has 1 aromatic heterocycles. The van der Waals surface area contributed by atoms with Crippen molar-refractivity contribution in [3.63, 3.8) is 0 Å². The molecule has 36 heavy (non-hydrogen) atoms. The van der Waals surface area contributed by atoms with E-state index in [0.29, 0.717) is 18.2 Å². The van der Waals surface area contributed by atoms with E-state index in [4.69, 9.17) is 9.47 Å². The molecule has 0 fully saturated rings. The molecule has 0 amide bonds. The van der Waals surface area contributed by atoms with Crippen LogP contribution in [0.15, 0.2) is 48.6 Å². The van der Waals surface area contributed by atoms with Crippen LogP contribution in [0.3, 0.4) is 0 Å². The summed E-state index contributed by atoms with van der Waals surface area (Å²) in [5, 5.41) is 25.7. The van der Waals surface area contributed by atoms with Crippen LogP contribution in [0.2, 0.25) is 0 Å². The second-order valence-electron chi connectivity index (χ2n) is 8.92. The standard InChI is InChI=1S/C28H33N5O3/c1-35-25-17-21(19-7-11-29-12-8-19)3-5-23(25)27-31-32-28(33(27)15-16-34)24-6-4-22(18-26(24)36-2)20-9-13-30-14-10-20/h3-7,9,17-18,29-30,34H,8,10-16H2,1-2H3. The van der Waals surface area contributed by atoms with Gasteiger partial charge in [-0.3, -0.25) is 0 Å². The van der Waals surface area contributed by atoms with Crippen molar-refractivity contribution in [3.8, 4) is 34.3 Å². The minimum absolute atomic E-state index is 0.0430. The molecule has 188 valence electrons. The predicted molar refractivity (Wildman–Crippen MR) is 142 cm³/mol. The van der Waals surface area contributed by atoms with Gasteiger partial charge in [0.1, 0.15) is 11.5 Å². The average molecular weight is 488 g/mol. The Kier molecular flexibility index (Phi) is 7.46. The zero-order valence-corrected chi connectivity index (χ0v) is 20.9. The molecule has 0 spiro atoms. The van der Waals surface area contributed by atoms with Gasteiger partial charge in [0, 0.05) is 19.6 Å². The van der Waals surface area contributed by atoms with Crippen molar-refractivity contribution >= 4 is 11.1 Å². The maximum Gasteiger partial charge on any atom is 0.168 e. The lowest BCUT2D eigenvalue weighted by molar-refractivity contribution is 0.277. The van der Waals surface area contributed by atoms with Gasteiger partial charge in [-0.1, -0.05) is 24.3 Å². The second kappa shape index (κ2) is 11.1. The summed E-state index contributed by atoms with van der Waals surface area (Å²) in [6, 6.07) is 12.4. The van der Waals surface area contributed by atoms with E-state index in [9.17, 15) is 5.11 Å². The van der Waals surface area contributed by atoms with Crippen LogP contribution < -0.4 is 20.1 Å². The highest BCUT2D eigenvalue weighted by molar-refractivity contribution is 5.77. The molecule has 0 aliphatic carbocycles. The summed E-state index contributed by atoms with van der Waals surface area (Å²) < 4.78 is 13.5. The van der Waals surface area contributed by atoms with E-state index >= 15 is 0 Å². The fraction of sp³-hybridized carbons (Fsp3) is 0.357. The van der Waals surface area contributed by atoms with Crippen LogP contribution in [-0.2, 0) is 6.54 Å². The number of methoxy groups -OCH3 is 2. The number of rotatable bonds is 8. The van der Waals surface area contributed by atoms with Crippen LogP contribution in [0.4, 0.5) is 0 Å². The maximum absolute atomic E-state index is 9.90. The molecule has 2 aliphatic heterocycles. The fourth-order valence-corrected chi connectivity index (χ4v) is 4.93. The van der Waals surface area contributed by atoms with Gasteiger partial charge in [-0.15, -0.1) is 10.2 Å². The number of ether oxygens (including phenoxy) is 2. The highest BCUT2D eigenvalue weighted by Crippen LogP contribution is 2.37. The highest BCUT2D eigenvalue weighted by atomic mass is 16.5. The highest BCUT2D eigenvalue weighted by Gasteiger charge is 2.22. The van der Waals surface area contributed by atoms with Crippen molar-refractivity contribution in [2.75, 3.05) is 47.0 Å². The number of aliphatic hydroxyl groups excluding tert-OH is 1. The van der Waals surface area contributed by atoms with E-state index in [2.05, 4.69) is 57.2 Å². The predicted octanol–water partition coefficient (Wildman–Crippen LogP) is 3.38. The minimum atomic E-state index is -0.0430. The van der Waals surface area contributed by atoms with Crippen LogP contribution in [0, 0.1) is 0 Å². The molecule has 0 saturated heterocycles. The normalized spacial score (nSPS) is 15.9. The third kappa shape index (κ3) is 4.80. The SMILES string of the molecule is COc1cc(C2=CCNCC2)ccc1-c1nnc(-c2ccc(C3=CCNCC3)cc2OC)n1CCO. The maximum atomic E-state index is 9.90. The number of aliphatic hydroxyl groups is 1. The molecular weight excluding hydrogens is 454 g/mol. The number of nitrogens with zero attached hydrogens (tertiary/aromatic N) is 3. The first-order chi connectivity index (χ1) is 17.7. The summed E-state index contributed by atoms with van der Waals surface area (Å²) in [5.74, 6) is 2.75. The molecule has 0 radical (unpaired) electrons. The topological polar surface area (TPSA) is 93.5 Å². The van der Waals surface area contributed by atoms with Gasteiger partial charge < -0.3 is 29.8 Å². The lowest BCUT2D eigenvalue weighted by Crippen LogP contribution is -2.20. The van der Waals surface area contributed by atoms with Gasteiger partial charge in [-0.05, 0) is 72.5 Å². The summed E-state index contributed by atoms with van der Waals surface area (Å²) in [6.07, 6.45) is 6.41. The number of nitrogens with one attached hydrogen (secondary N) is 2. The van der Waals surface area contributed by atoms with Crippen molar-refractivity contribution in [3.05, 3.63) is 59.7 Å². The van der Waals surface area contributed by atoms with Crippen LogP contribution in [0.5, 0.6) is 11.5 Å². The third-order valence-corrected chi connectivity index (χ3v) is 6.83. The van der Waals surface area contributed by atoms with Gasteiger partial charge in [0.25, 0.3) is 0 Å². The van der Waals surface area contributed by atoms with Crippen molar-refractivity contribution in [1.82, 2.24) is 25.4 Å². The molecule has 0 unspecified atom stereocenters. The Labute approximate surface area is 211 Å². The van der Waals surface area contributed by atoms with Crippen LogP contribution in [0.1, 0.15) is 24.0 Å². The third-order valence-electron chi connectivity index (χ3n) is 6.83. The molecule has 3 aromatic rings. The number of benzene rings is 2. The van der Waals surface area contributed by atoms with E-state index in [1.54, 1.807) is 14.2 Å². The van der Waals surface area contributed by atoms with E-state index < -0.39 is 0 Å². The average Bonchev–Trinajstić information content (AvgIpc) is 3.36. The lowest BCUT2D eigenvalue weighted by atomic mass is 9.98. The number of hydrogen-bond acceptors (Lipinski definition) is 7. The first-order valence-corrected chi connectivity index (χ1v) is 12.4. The quantitative estimate of drug-likeness (QED) is 0.449. The van der Waals surface area contributed by atoms with E-state index in [-0.39, 0.29) is 6.61 Å². The Hall–Kier alpha value is -3.46. The molecule has 2 aromatic carbocycles. The van der Waals surface area contributed by atoms with Crippen molar-refractivity contribution < 1.29 is 14.6 Å². The van der Waals surface area contributed by atoms with Crippen molar-refractivity contribution in [1.29, 1.82) is 0 Å². The Morgan fingerprint density at radius 1 is 0.806 bits per heavy atom. The van der Waals surface area contributed by atoms with E-state index in [1.165, 1.54) is 11.1 Å². The molecule has 3 N–H and O–H groups in total. The molecule has 5 rings (SSSR count). The smallest absolute Gasteiger partial charge is 0.168 e. The Morgan fingerprint density at radius 3 is 1.69 bits per heavy atom. The minimum Gasteiger partial charge on any atom is -0.496 e. The molecule has 8 heteroatoms. The molecule has 0 saturated carbocycles. The molecule has 2 aliphatic rings. The summed E-state index contributed by atoms with van der Waals surface area (Å²) in [4.78, 5) is 0. The van der Waals surface area contributed by atoms with Gasteiger partial charge in [0.2, 0.25) is 0 Å². The zero-order chi connectivity index (χ0) is 24.9. The van der Waals surface area contributed by atoms with Crippen LogP contribution >= 0.6 is 0 Å². The van der Waals surface area contributed by atoms with Gasteiger partial charge in [-0.2, -0.15) is 0 Å². The Bertz CT molecular complexity index is 1200. The second-order valence-corrected chi connectivity index (χ2v) is 8.92. The molecule has 8 nitrogen and oxygen atoms in total. The molecule has 3 heterocycles. The first-order valence-electron chi connectivity index (χ1n) is 12.4.